The first-order valence-electron chi connectivity index (χ1n) is 6.58. The van der Waals surface area contributed by atoms with Crippen molar-refractivity contribution >= 4 is 11.6 Å². The van der Waals surface area contributed by atoms with Crippen LogP contribution in [0.2, 0.25) is 0 Å². The molecule has 4 heteroatoms. The van der Waals surface area contributed by atoms with Crippen molar-refractivity contribution in [3.05, 3.63) is 47.9 Å². The van der Waals surface area contributed by atoms with E-state index in [1.807, 2.05) is 50.4 Å². The van der Waals surface area contributed by atoms with Crippen molar-refractivity contribution in [1.82, 2.24) is 9.80 Å². The zero-order chi connectivity index (χ0) is 15.1. The third kappa shape index (κ3) is 4.88. The van der Waals surface area contributed by atoms with Gasteiger partial charge in [-0.25, -0.2) is 0 Å². The summed E-state index contributed by atoms with van der Waals surface area (Å²) in [5, 5.41) is 0. The summed E-state index contributed by atoms with van der Waals surface area (Å²) in [5.41, 5.74) is 1.17. The van der Waals surface area contributed by atoms with Gasteiger partial charge in [0.15, 0.2) is 0 Å². The summed E-state index contributed by atoms with van der Waals surface area (Å²) >= 11 is 0. The predicted octanol–water partition coefficient (Wildman–Crippen LogP) is 1.92. The zero-order valence-corrected chi connectivity index (χ0v) is 12.6. The van der Waals surface area contributed by atoms with Gasteiger partial charge in [-0.05, 0) is 37.4 Å². The molecule has 1 rings (SSSR count). The van der Waals surface area contributed by atoms with Gasteiger partial charge in [0.1, 0.15) is 0 Å². The van der Waals surface area contributed by atoms with E-state index in [4.69, 9.17) is 0 Å². The standard InChI is InChI=1S/C16H22N2O2/c1-17(2)11-5-7-13-9-10-14(16(20)15(13)19)8-6-12-18(3)4/h5-8,11-12H,9-10H2,1-4H3/b11-5+,12-6+,13-7-,14-8-. The Hall–Kier alpha value is -2.10. The molecule has 108 valence electrons. The summed E-state index contributed by atoms with van der Waals surface area (Å²) in [6.45, 7) is 0. The predicted molar refractivity (Wildman–Crippen MR) is 81.1 cm³/mol. The molecule has 1 aliphatic rings. The summed E-state index contributed by atoms with van der Waals surface area (Å²) in [7, 11) is 7.61. The van der Waals surface area contributed by atoms with Crippen molar-refractivity contribution in [1.29, 1.82) is 0 Å². The second-order valence-electron chi connectivity index (χ2n) is 5.15. The van der Waals surface area contributed by atoms with Crippen LogP contribution in [0.4, 0.5) is 0 Å². The smallest absolute Gasteiger partial charge is 0.229 e. The van der Waals surface area contributed by atoms with Gasteiger partial charge < -0.3 is 9.80 Å². The van der Waals surface area contributed by atoms with Crippen LogP contribution in [0.25, 0.3) is 0 Å². The van der Waals surface area contributed by atoms with Gasteiger partial charge in [0, 0.05) is 39.3 Å². The van der Waals surface area contributed by atoms with E-state index in [1.165, 1.54) is 0 Å². The molecule has 0 aliphatic heterocycles. The van der Waals surface area contributed by atoms with Gasteiger partial charge in [0.25, 0.3) is 0 Å². The molecule has 0 amide bonds. The monoisotopic (exact) mass is 274 g/mol. The number of allylic oxidation sites excluding steroid dienone is 6. The number of carbonyl (C=O) groups excluding carboxylic acids is 2. The highest BCUT2D eigenvalue weighted by molar-refractivity contribution is 6.49. The third-order valence-electron chi connectivity index (χ3n) is 2.82. The molecular weight excluding hydrogens is 252 g/mol. The summed E-state index contributed by atoms with van der Waals surface area (Å²) in [5.74, 6) is -0.770. The quantitative estimate of drug-likeness (QED) is 0.580. The van der Waals surface area contributed by atoms with Gasteiger partial charge in [0.2, 0.25) is 11.6 Å². The molecule has 0 spiro atoms. The third-order valence-corrected chi connectivity index (χ3v) is 2.82. The minimum absolute atomic E-state index is 0.385. The molecule has 0 unspecified atom stereocenters. The van der Waals surface area contributed by atoms with Crippen molar-refractivity contribution in [3.8, 4) is 0 Å². The van der Waals surface area contributed by atoms with Crippen LogP contribution in [-0.2, 0) is 9.59 Å². The molecule has 1 saturated carbocycles. The lowest BCUT2D eigenvalue weighted by molar-refractivity contribution is -0.132. The average Bonchev–Trinajstić information content (AvgIpc) is 2.36. The van der Waals surface area contributed by atoms with Crippen molar-refractivity contribution in [2.45, 2.75) is 12.8 Å². The Morgan fingerprint density at radius 3 is 1.40 bits per heavy atom. The zero-order valence-electron chi connectivity index (χ0n) is 12.6. The van der Waals surface area contributed by atoms with E-state index in [2.05, 4.69) is 0 Å². The lowest BCUT2D eigenvalue weighted by Crippen LogP contribution is -2.23. The molecule has 0 aromatic carbocycles. The van der Waals surface area contributed by atoms with E-state index in [-0.39, 0.29) is 11.6 Å². The molecule has 0 N–H and O–H groups in total. The maximum absolute atomic E-state index is 12.0. The minimum atomic E-state index is -0.385. The van der Waals surface area contributed by atoms with E-state index in [1.54, 1.807) is 24.3 Å². The molecule has 1 aliphatic carbocycles. The molecule has 4 nitrogen and oxygen atoms in total. The summed E-state index contributed by atoms with van der Waals surface area (Å²) in [6.07, 6.45) is 12.0. The second-order valence-corrected chi connectivity index (χ2v) is 5.15. The lowest BCUT2D eigenvalue weighted by Gasteiger charge is -2.14. The Kier molecular flexibility index (Phi) is 5.97. The van der Waals surface area contributed by atoms with E-state index in [9.17, 15) is 9.59 Å². The molecule has 20 heavy (non-hydrogen) atoms. The van der Waals surface area contributed by atoms with Gasteiger partial charge in [-0.3, -0.25) is 9.59 Å². The largest absolute Gasteiger partial charge is 0.383 e. The number of hydrogen-bond acceptors (Lipinski definition) is 4. The van der Waals surface area contributed by atoms with Crippen molar-refractivity contribution in [2.75, 3.05) is 28.2 Å². The van der Waals surface area contributed by atoms with Crippen molar-refractivity contribution < 1.29 is 9.59 Å². The number of ketones is 2. The Bertz CT molecular complexity index is 449. The fourth-order valence-electron chi connectivity index (χ4n) is 1.77. The van der Waals surface area contributed by atoms with Crippen molar-refractivity contribution in [3.63, 3.8) is 0 Å². The molecule has 0 heterocycles. The lowest BCUT2D eigenvalue weighted by atomic mass is 9.87. The average molecular weight is 274 g/mol. The molecule has 0 radical (unpaired) electrons. The molecule has 0 saturated heterocycles. The summed E-state index contributed by atoms with van der Waals surface area (Å²) in [6, 6.07) is 0. The highest BCUT2D eigenvalue weighted by Crippen LogP contribution is 2.22. The van der Waals surface area contributed by atoms with E-state index in [0.717, 1.165) is 0 Å². The number of hydrogen-bond donors (Lipinski definition) is 0. The Balaban J connectivity index is 2.77. The summed E-state index contributed by atoms with van der Waals surface area (Å²) in [4.78, 5) is 27.7. The van der Waals surface area contributed by atoms with Gasteiger partial charge in [0.05, 0.1) is 0 Å². The van der Waals surface area contributed by atoms with Gasteiger partial charge in [-0.15, -0.1) is 0 Å². The van der Waals surface area contributed by atoms with Crippen LogP contribution < -0.4 is 0 Å². The van der Waals surface area contributed by atoms with E-state index in [0.29, 0.717) is 24.0 Å². The number of rotatable bonds is 4. The molecule has 0 atom stereocenters. The van der Waals surface area contributed by atoms with Gasteiger partial charge in [-0.1, -0.05) is 12.2 Å². The number of carbonyl (C=O) groups is 2. The fraction of sp³-hybridized carbons (Fsp3) is 0.375. The first-order valence-corrected chi connectivity index (χ1v) is 6.58. The maximum Gasteiger partial charge on any atom is 0.229 e. The van der Waals surface area contributed by atoms with Crippen LogP contribution in [0.15, 0.2) is 47.9 Å². The van der Waals surface area contributed by atoms with Crippen LogP contribution in [0, 0.1) is 0 Å². The van der Waals surface area contributed by atoms with Crippen LogP contribution in [0.3, 0.4) is 0 Å². The first-order chi connectivity index (χ1) is 9.41. The fourth-order valence-corrected chi connectivity index (χ4v) is 1.77. The maximum atomic E-state index is 12.0. The van der Waals surface area contributed by atoms with E-state index < -0.39 is 0 Å². The molecule has 0 aromatic heterocycles. The molecule has 0 aromatic rings. The minimum Gasteiger partial charge on any atom is -0.383 e. The van der Waals surface area contributed by atoms with Crippen LogP contribution in [-0.4, -0.2) is 49.6 Å². The van der Waals surface area contributed by atoms with Crippen molar-refractivity contribution in [2.24, 2.45) is 0 Å². The number of nitrogens with zero attached hydrogens (tertiary/aromatic N) is 2. The Morgan fingerprint density at radius 2 is 1.10 bits per heavy atom. The van der Waals surface area contributed by atoms with Crippen LogP contribution in [0.1, 0.15) is 12.8 Å². The Labute approximate surface area is 120 Å². The second kappa shape index (κ2) is 7.48. The SMILES string of the molecule is CN(C)/C=C/C=C1/CC/C(=C/C=C/N(C)C)C(=O)C1=O. The van der Waals surface area contributed by atoms with Crippen LogP contribution in [0.5, 0.6) is 0 Å². The number of Topliss-reactive ketones (excluding diaryl/α,β-unsaturated/α-hetero) is 2. The van der Waals surface area contributed by atoms with E-state index >= 15 is 0 Å². The van der Waals surface area contributed by atoms with Gasteiger partial charge >= 0.3 is 0 Å². The molecular formula is C16H22N2O2. The molecule has 0 bridgehead atoms. The highest BCUT2D eigenvalue weighted by atomic mass is 16.2. The first kappa shape index (κ1) is 16.0. The Morgan fingerprint density at radius 1 is 0.750 bits per heavy atom. The summed E-state index contributed by atoms with van der Waals surface area (Å²) < 4.78 is 0. The highest BCUT2D eigenvalue weighted by Gasteiger charge is 2.27. The van der Waals surface area contributed by atoms with Gasteiger partial charge in [-0.2, -0.15) is 0 Å². The molecule has 1 fully saturated rings. The van der Waals surface area contributed by atoms with Crippen LogP contribution >= 0.6 is 0 Å². The normalized spacial score (nSPS) is 20.6. The topological polar surface area (TPSA) is 40.6 Å².